The smallest absolute Gasteiger partial charge is 0.210 e. The van der Waals surface area contributed by atoms with Crippen molar-refractivity contribution >= 4 is 22.5 Å². The summed E-state index contributed by atoms with van der Waals surface area (Å²) in [6, 6.07) is 18.4. The molecule has 0 atom stereocenters. The van der Waals surface area contributed by atoms with Crippen molar-refractivity contribution in [1.82, 2.24) is 19.6 Å². The highest BCUT2D eigenvalue weighted by molar-refractivity contribution is 5.92. The first kappa shape index (κ1) is 15.6. The highest BCUT2D eigenvalue weighted by Gasteiger charge is 2.15. The van der Waals surface area contributed by atoms with E-state index in [1.807, 2.05) is 42.5 Å². The molecule has 5 nitrogen and oxygen atoms in total. The van der Waals surface area contributed by atoms with Crippen molar-refractivity contribution in [2.45, 2.75) is 20.3 Å². The second-order valence-corrected chi connectivity index (χ2v) is 6.66. The number of benzene rings is 2. The maximum atomic E-state index is 4.82. The zero-order chi connectivity index (χ0) is 17.2. The van der Waals surface area contributed by atoms with Crippen LogP contribution in [0.2, 0.25) is 0 Å². The van der Waals surface area contributed by atoms with Gasteiger partial charge in [-0.05, 0) is 23.6 Å². The van der Waals surface area contributed by atoms with E-state index in [9.17, 15) is 0 Å². The zero-order valence-corrected chi connectivity index (χ0v) is 14.5. The molecule has 2 aromatic heterocycles. The first-order valence-electron chi connectivity index (χ1n) is 8.63. The van der Waals surface area contributed by atoms with Crippen molar-refractivity contribution in [2.75, 3.05) is 11.9 Å². The van der Waals surface area contributed by atoms with Crippen LogP contribution in [0.3, 0.4) is 0 Å². The molecule has 0 saturated heterocycles. The van der Waals surface area contributed by atoms with Gasteiger partial charge < -0.3 is 5.32 Å². The molecule has 2 aromatic carbocycles. The van der Waals surface area contributed by atoms with E-state index in [1.54, 1.807) is 0 Å². The molecule has 0 bridgehead atoms. The third kappa shape index (κ3) is 3.05. The third-order valence-electron chi connectivity index (χ3n) is 4.19. The molecule has 1 N–H and O–H groups in total. The van der Waals surface area contributed by atoms with Gasteiger partial charge in [0.2, 0.25) is 5.95 Å². The van der Waals surface area contributed by atoms with Crippen LogP contribution >= 0.6 is 0 Å². The van der Waals surface area contributed by atoms with Crippen LogP contribution in [0.15, 0.2) is 54.6 Å². The molecule has 0 aliphatic rings. The van der Waals surface area contributed by atoms with Gasteiger partial charge in [0.05, 0.1) is 5.52 Å². The summed E-state index contributed by atoms with van der Waals surface area (Å²) in [5.74, 6) is 2.22. The number of aromatic nitrogens is 4. The van der Waals surface area contributed by atoms with Crippen LogP contribution in [0.1, 0.15) is 25.2 Å². The van der Waals surface area contributed by atoms with Gasteiger partial charge in [-0.2, -0.15) is 0 Å². The fraction of sp³-hybridized carbons (Fsp3) is 0.250. The van der Waals surface area contributed by atoms with E-state index in [2.05, 4.69) is 45.9 Å². The first-order chi connectivity index (χ1) is 12.2. The van der Waals surface area contributed by atoms with Gasteiger partial charge in [0.25, 0.3) is 0 Å². The average molecular weight is 331 g/mol. The Bertz CT molecular complexity index is 1000. The maximum Gasteiger partial charge on any atom is 0.210 e. The molecular weight excluding hydrogens is 310 g/mol. The Morgan fingerprint density at radius 3 is 2.52 bits per heavy atom. The van der Waals surface area contributed by atoms with Gasteiger partial charge in [0.1, 0.15) is 5.82 Å². The normalized spacial score (nSPS) is 11.5. The van der Waals surface area contributed by atoms with Gasteiger partial charge in [0.15, 0.2) is 5.65 Å². The van der Waals surface area contributed by atoms with Crippen molar-refractivity contribution < 1.29 is 0 Å². The van der Waals surface area contributed by atoms with Crippen molar-refractivity contribution in [3.05, 3.63) is 66.0 Å². The summed E-state index contributed by atoms with van der Waals surface area (Å²) in [5, 5.41) is 13.4. The lowest BCUT2D eigenvalue weighted by Crippen LogP contribution is -2.14. The largest absolute Gasteiger partial charge is 0.355 e. The van der Waals surface area contributed by atoms with Crippen LogP contribution < -0.4 is 5.32 Å². The molecule has 0 radical (unpaired) electrons. The van der Waals surface area contributed by atoms with Gasteiger partial charge in [-0.25, -0.2) is 9.38 Å². The highest BCUT2D eigenvalue weighted by Crippen LogP contribution is 2.23. The number of rotatable bonds is 5. The van der Waals surface area contributed by atoms with Crippen molar-refractivity contribution in [3.63, 3.8) is 0 Å². The quantitative estimate of drug-likeness (QED) is 0.602. The number of fused-ring (bicyclic) bond motifs is 3. The molecule has 0 aliphatic carbocycles. The van der Waals surface area contributed by atoms with Crippen molar-refractivity contribution in [1.29, 1.82) is 0 Å². The lowest BCUT2D eigenvalue weighted by Gasteiger charge is -2.13. The second kappa shape index (κ2) is 6.51. The van der Waals surface area contributed by atoms with Crippen LogP contribution in [0.25, 0.3) is 16.6 Å². The molecule has 0 amide bonds. The average Bonchev–Trinajstić information content (AvgIpc) is 3.05. The summed E-state index contributed by atoms with van der Waals surface area (Å²) in [7, 11) is 0. The minimum atomic E-state index is 0.525. The number of hydrogen-bond donors (Lipinski definition) is 1. The molecular formula is C20H21N5. The summed E-state index contributed by atoms with van der Waals surface area (Å²) in [6.07, 6.45) is 0.721. The lowest BCUT2D eigenvalue weighted by atomic mass is 10.1. The molecule has 5 heteroatoms. The Morgan fingerprint density at radius 1 is 0.960 bits per heavy atom. The maximum absolute atomic E-state index is 4.82. The molecule has 126 valence electrons. The summed E-state index contributed by atoms with van der Waals surface area (Å²) in [6.45, 7) is 5.22. The number of nitrogens with zero attached hydrogens (tertiary/aromatic N) is 4. The molecule has 4 aromatic rings. The monoisotopic (exact) mass is 331 g/mol. The zero-order valence-electron chi connectivity index (χ0n) is 14.5. The van der Waals surface area contributed by atoms with Gasteiger partial charge in [-0.3, -0.25) is 0 Å². The number of nitrogens with one attached hydrogen (secondary N) is 1. The van der Waals surface area contributed by atoms with Crippen LogP contribution in [-0.2, 0) is 6.42 Å². The molecule has 0 fully saturated rings. The summed E-state index contributed by atoms with van der Waals surface area (Å²) in [4.78, 5) is 4.82. The van der Waals surface area contributed by atoms with E-state index in [1.165, 1.54) is 5.56 Å². The SMILES string of the molecule is CC(C)CNc1nc2ccccc2c2nnc(Cc3ccccc3)n12. The van der Waals surface area contributed by atoms with E-state index in [-0.39, 0.29) is 0 Å². The van der Waals surface area contributed by atoms with E-state index in [4.69, 9.17) is 4.98 Å². The fourth-order valence-corrected chi connectivity index (χ4v) is 2.94. The molecule has 0 aliphatic heterocycles. The Kier molecular flexibility index (Phi) is 4.06. The lowest BCUT2D eigenvalue weighted by molar-refractivity contribution is 0.683. The van der Waals surface area contributed by atoms with E-state index in [0.29, 0.717) is 5.92 Å². The highest BCUT2D eigenvalue weighted by atomic mass is 15.3. The molecule has 0 unspecified atom stereocenters. The summed E-state index contributed by atoms with van der Waals surface area (Å²) < 4.78 is 2.05. The van der Waals surface area contributed by atoms with Crippen LogP contribution in [0, 0.1) is 5.92 Å². The Labute approximate surface area is 146 Å². The topological polar surface area (TPSA) is 55.1 Å². The summed E-state index contributed by atoms with van der Waals surface area (Å²) >= 11 is 0. The van der Waals surface area contributed by atoms with Gasteiger partial charge in [-0.1, -0.05) is 56.3 Å². The van der Waals surface area contributed by atoms with Gasteiger partial charge in [0, 0.05) is 18.4 Å². The number of anilines is 1. The number of para-hydroxylation sites is 1. The third-order valence-corrected chi connectivity index (χ3v) is 4.19. The van der Waals surface area contributed by atoms with E-state index in [0.717, 1.165) is 41.3 Å². The van der Waals surface area contributed by atoms with Crippen molar-refractivity contribution in [2.24, 2.45) is 5.92 Å². The molecule has 0 spiro atoms. The van der Waals surface area contributed by atoms with E-state index < -0.39 is 0 Å². The minimum Gasteiger partial charge on any atom is -0.355 e. The molecule has 0 saturated carbocycles. The van der Waals surface area contributed by atoms with Crippen molar-refractivity contribution in [3.8, 4) is 0 Å². The predicted octanol–water partition coefficient (Wildman–Crippen LogP) is 3.94. The van der Waals surface area contributed by atoms with Gasteiger partial charge in [-0.15, -0.1) is 10.2 Å². The van der Waals surface area contributed by atoms with Crippen LogP contribution in [-0.4, -0.2) is 26.1 Å². The molecule has 2 heterocycles. The Hall–Kier alpha value is -2.95. The fourth-order valence-electron chi connectivity index (χ4n) is 2.94. The minimum absolute atomic E-state index is 0.525. The van der Waals surface area contributed by atoms with Gasteiger partial charge >= 0.3 is 0 Å². The van der Waals surface area contributed by atoms with E-state index >= 15 is 0 Å². The van der Waals surface area contributed by atoms with Crippen LogP contribution in [0.4, 0.5) is 5.95 Å². The molecule has 4 rings (SSSR count). The first-order valence-corrected chi connectivity index (χ1v) is 8.63. The second-order valence-electron chi connectivity index (χ2n) is 6.66. The Balaban J connectivity index is 1.87. The standard InChI is InChI=1S/C20H21N5/c1-14(2)13-21-20-22-17-11-7-6-10-16(17)19-24-23-18(25(19)20)12-15-8-4-3-5-9-15/h3-11,14H,12-13H2,1-2H3,(H,21,22). The molecule has 25 heavy (non-hydrogen) atoms. The predicted molar refractivity (Wildman–Crippen MR) is 101 cm³/mol. The summed E-state index contributed by atoms with van der Waals surface area (Å²) in [5.41, 5.74) is 2.99. The van der Waals surface area contributed by atoms with Crippen LogP contribution in [0.5, 0.6) is 0 Å². The Morgan fingerprint density at radius 2 is 1.72 bits per heavy atom. The number of hydrogen-bond acceptors (Lipinski definition) is 4.